The van der Waals surface area contributed by atoms with E-state index >= 15 is 0 Å². The molecule has 2 unspecified atom stereocenters. The molecule has 1 fully saturated rings. The van der Waals surface area contributed by atoms with Crippen molar-refractivity contribution in [1.82, 2.24) is 4.98 Å². The molecule has 4 nitrogen and oxygen atoms in total. The van der Waals surface area contributed by atoms with Crippen LogP contribution in [-0.2, 0) is 25.6 Å². The first-order valence-corrected chi connectivity index (χ1v) is 15.4. The zero-order valence-electron chi connectivity index (χ0n) is 17.7. The average Bonchev–Trinajstić information content (AvgIpc) is 2.79. The van der Waals surface area contributed by atoms with Crippen LogP contribution in [0.2, 0.25) is 0 Å². The Bertz CT molecular complexity index is 1140. The van der Waals surface area contributed by atoms with Gasteiger partial charge in [-0.05, 0) is 77.2 Å². The normalized spacial score (nSPS) is 21.6. The summed E-state index contributed by atoms with van der Waals surface area (Å²) in [4.78, 5) is 15.3. The first-order chi connectivity index (χ1) is 15.9. The van der Waals surface area contributed by atoms with Gasteiger partial charge in [0.2, 0.25) is 0 Å². The molecule has 1 aliphatic rings. The number of halogens is 6. The van der Waals surface area contributed by atoms with E-state index in [-0.39, 0.29) is 25.0 Å². The maximum absolute atomic E-state index is 15.0. The predicted octanol–water partition coefficient (Wildman–Crippen LogP) is 6.67. The summed E-state index contributed by atoms with van der Waals surface area (Å²) in [5, 5.41) is 0. The van der Waals surface area contributed by atoms with E-state index in [4.69, 9.17) is 0 Å². The van der Waals surface area contributed by atoms with E-state index in [2.05, 4.69) is 26.2 Å². The number of nitrogens with zero attached hydrogens (tertiary/aromatic N) is 1. The van der Waals surface area contributed by atoms with E-state index in [1.54, 1.807) is 8.93 Å². The minimum Gasteiger partial charge on any atom is -0.299 e. The molecule has 12 heteroatoms. The summed E-state index contributed by atoms with van der Waals surface area (Å²) in [5.74, 6) is -1.83. The molecule has 3 rings (SSSR count). The number of hydrogen-bond acceptors (Lipinski definition) is 5. The van der Waals surface area contributed by atoms with Crippen molar-refractivity contribution in [3.8, 4) is 0 Å². The quantitative estimate of drug-likeness (QED) is 0.185. The number of pyridine rings is 1. The Morgan fingerprint density at radius 1 is 1.15 bits per heavy atom. The maximum Gasteiger partial charge on any atom is 0.433 e. The lowest BCUT2D eigenvalue weighted by molar-refractivity contribution is -0.141. The van der Waals surface area contributed by atoms with Crippen LogP contribution in [0.1, 0.15) is 49.8 Å². The Balaban J connectivity index is 2.10. The Hall–Kier alpha value is -1.28. The largest absolute Gasteiger partial charge is 0.433 e. The minimum absolute atomic E-state index is 0.157. The molecule has 1 saturated carbocycles. The van der Waals surface area contributed by atoms with Gasteiger partial charge in [-0.1, -0.05) is 15.4 Å². The second kappa shape index (κ2) is 10.8. The first kappa shape index (κ1) is 27.3. The van der Waals surface area contributed by atoms with Gasteiger partial charge in [0, 0.05) is 29.9 Å². The van der Waals surface area contributed by atoms with Crippen molar-refractivity contribution in [3.05, 3.63) is 59.4 Å². The van der Waals surface area contributed by atoms with Gasteiger partial charge in [0.25, 0.3) is 0 Å². The van der Waals surface area contributed by atoms with Crippen molar-refractivity contribution < 1.29 is 35.2 Å². The third-order valence-corrected chi connectivity index (χ3v) is 10.3. The standard InChI is InChI=1S/C22H21F5INO3S2/c23-15-4-6-18(24)17(11-15)21(9-8-19(30)14(12-21)3-1-2-10-33-28)34(31,32)16-5-7-20(29-13-16)22(25,26)27/h4-7,11,13-14H,1-3,8-10,12H2. The molecule has 0 N–H and O–H groups in total. The molecule has 1 heterocycles. The molecule has 0 saturated heterocycles. The number of carbonyl (C=O) groups is 1. The molecule has 0 radical (unpaired) electrons. The van der Waals surface area contributed by atoms with Crippen molar-refractivity contribution in [3.63, 3.8) is 0 Å². The molecule has 186 valence electrons. The summed E-state index contributed by atoms with van der Waals surface area (Å²) in [7, 11) is -2.96. The molecule has 0 aliphatic heterocycles. The number of sulfone groups is 1. The number of alkyl halides is 3. The molecule has 2 aromatic rings. The van der Waals surface area contributed by atoms with Gasteiger partial charge in [-0.25, -0.2) is 17.2 Å². The van der Waals surface area contributed by atoms with E-state index in [1.165, 1.54) is 0 Å². The zero-order chi connectivity index (χ0) is 25.1. The minimum atomic E-state index is -4.77. The van der Waals surface area contributed by atoms with Gasteiger partial charge < -0.3 is 0 Å². The van der Waals surface area contributed by atoms with Gasteiger partial charge in [-0.2, -0.15) is 13.2 Å². The van der Waals surface area contributed by atoms with Gasteiger partial charge in [0.15, 0.2) is 9.84 Å². The van der Waals surface area contributed by atoms with Crippen molar-refractivity contribution in [1.29, 1.82) is 0 Å². The van der Waals surface area contributed by atoms with Gasteiger partial charge in [0.1, 0.15) is 27.9 Å². The van der Waals surface area contributed by atoms with Crippen molar-refractivity contribution in [2.45, 2.75) is 54.3 Å². The van der Waals surface area contributed by atoms with Crippen LogP contribution < -0.4 is 0 Å². The first-order valence-electron chi connectivity index (χ1n) is 10.4. The van der Waals surface area contributed by atoms with Crippen LogP contribution in [0.25, 0.3) is 0 Å². The number of rotatable bonds is 8. The van der Waals surface area contributed by atoms with Crippen molar-refractivity contribution >= 4 is 45.8 Å². The second-order valence-corrected chi connectivity index (χ2v) is 12.9. The Morgan fingerprint density at radius 2 is 1.88 bits per heavy atom. The van der Waals surface area contributed by atoms with Crippen LogP contribution in [0.15, 0.2) is 41.4 Å². The van der Waals surface area contributed by atoms with E-state index in [1.807, 2.05) is 0 Å². The van der Waals surface area contributed by atoms with E-state index < -0.39 is 54.5 Å². The molecule has 1 aromatic carbocycles. The summed E-state index contributed by atoms with van der Waals surface area (Å²) >= 11 is 2.15. The van der Waals surface area contributed by atoms with Crippen LogP contribution in [0.3, 0.4) is 0 Å². The fourth-order valence-corrected chi connectivity index (χ4v) is 7.74. The number of carbonyl (C=O) groups excluding carboxylic acids is 1. The molecule has 1 aliphatic carbocycles. The lowest BCUT2D eigenvalue weighted by Gasteiger charge is -2.40. The summed E-state index contributed by atoms with van der Waals surface area (Å²) in [6, 6.07) is 3.77. The molecule has 1 aromatic heterocycles. The number of unbranched alkanes of at least 4 members (excludes halogenated alkanes) is 1. The van der Waals surface area contributed by atoms with Crippen molar-refractivity contribution in [2.24, 2.45) is 5.92 Å². The highest BCUT2D eigenvalue weighted by Crippen LogP contribution is 2.49. The van der Waals surface area contributed by atoms with Crippen LogP contribution in [0, 0.1) is 17.6 Å². The topological polar surface area (TPSA) is 64.1 Å². The molecule has 2 atom stereocenters. The van der Waals surface area contributed by atoms with Crippen LogP contribution in [0.5, 0.6) is 0 Å². The molecular formula is C22H21F5INO3S2. The fraction of sp³-hybridized carbons (Fsp3) is 0.455. The number of aromatic nitrogens is 1. The lowest BCUT2D eigenvalue weighted by Crippen LogP contribution is -2.44. The lowest BCUT2D eigenvalue weighted by atomic mass is 9.74. The van der Waals surface area contributed by atoms with E-state index in [0.29, 0.717) is 25.1 Å². The van der Waals surface area contributed by atoms with Gasteiger partial charge in [-0.3, -0.25) is 9.78 Å². The van der Waals surface area contributed by atoms with Crippen molar-refractivity contribution in [2.75, 3.05) is 5.75 Å². The summed E-state index contributed by atoms with van der Waals surface area (Å²) in [6.07, 6.45) is -3.12. The summed E-state index contributed by atoms with van der Waals surface area (Å²) in [5.41, 5.74) is -1.70. The highest BCUT2D eigenvalue weighted by Gasteiger charge is 2.53. The van der Waals surface area contributed by atoms with E-state index in [9.17, 15) is 35.2 Å². The third kappa shape index (κ3) is 5.58. The van der Waals surface area contributed by atoms with Crippen LogP contribution >= 0.6 is 30.1 Å². The highest BCUT2D eigenvalue weighted by atomic mass is 127. The monoisotopic (exact) mass is 633 g/mol. The van der Waals surface area contributed by atoms with Gasteiger partial charge in [-0.15, -0.1) is 0 Å². The maximum atomic E-state index is 15.0. The third-order valence-electron chi connectivity index (χ3n) is 6.10. The predicted molar refractivity (Wildman–Crippen MR) is 127 cm³/mol. The molecule has 0 amide bonds. The average molecular weight is 633 g/mol. The van der Waals surface area contributed by atoms with Crippen LogP contribution in [-0.4, -0.2) is 24.9 Å². The number of Topliss-reactive ketones (excluding diaryl/α,β-unsaturated/α-hetero) is 1. The van der Waals surface area contributed by atoms with Gasteiger partial charge in [0.05, 0.1) is 4.90 Å². The van der Waals surface area contributed by atoms with E-state index in [0.717, 1.165) is 36.4 Å². The smallest absolute Gasteiger partial charge is 0.299 e. The zero-order valence-corrected chi connectivity index (χ0v) is 21.5. The second-order valence-electron chi connectivity index (χ2n) is 8.18. The SMILES string of the molecule is O=C1CCC(c2cc(F)ccc2F)(S(=O)(=O)c2ccc(C(F)(F)F)nc2)CC1CCCCSI. The molecule has 0 spiro atoms. The Kier molecular flexibility index (Phi) is 8.65. The summed E-state index contributed by atoms with van der Waals surface area (Å²) < 4.78 is 93.6. The van der Waals surface area contributed by atoms with Gasteiger partial charge >= 0.3 is 6.18 Å². The Morgan fingerprint density at radius 3 is 2.50 bits per heavy atom. The number of hydrogen-bond donors (Lipinski definition) is 0. The fourth-order valence-electron chi connectivity index (χ4n) is 4.37. The number of benzene rings is 1. The van der Waals surface area contributed by atoms with Crippen LogP contribution in [0.4, 0.5) is 22.0 Å². The highest BCUT2D eigenvalue weighted by molar-refractivity contribution is 14.2. The number of ketones is 1. The molecular weight excluding hydrogens is 612 g/mol. The summed E-state index contributed by atoms with van der Waals surface area (Å²) in [6.45, 7) is 0. The molecule has 34 heavy (non-hydrogen) atoms. The Labute approximate surface area is 210 Å². The molecule has 0 bridgehead atoms.